The number of hydrogen-bond donors (Lipinski definition) is 1. The molecule has 0 spiro atoms. The largest absolute Gasteiger partial charge is 0.305 e. The highest BCUT2D eigenvalue weighted by molar-refractivity contribution is 6.05. The van der Waals surface area contributed by atoms with Crippen LogP contribution in [0.2, 0.25) is 0 Å². The highest BCUT2D eigenvalue weighted by Gasteiger charge is 2.19. The van der Waals surface area contributed by atoms with Crippen molar-refractivity contribution in [1.29, 1.82) is 0 Å². The van der Waals surface area contributed by atoms with Crippen LogP contribution in [0.15, 0.2) is 67.0 Å². The quantitative estimate of drug-likeness (QED) is 0.551. The zero-order valence-electron chi connectivity index (χ0n) is 16.4. The van der Waals surface area contributed by atoms with Crippen molar-refractivity contribution in [3.05, 3.63) is 95.2 Å². The molecular weight excluding hydrogens is 364 g/mol. The number of nitrogens with one attached hydrogen (secondary N) is 1. The lowest BCUT2D eigenvalue weighted by Gasteiger charge is -2.06. The Balaban J connectivity index is 1.47. The van der Waals surface area contributed by atoms with E-state index in [1.54, 1.807) is 16.9 Å². The molecule has 1 N–H and O–H groups in total. The number of benzene rings is 1. The lowest BCUT2D eigenvalue weighted by molar-refractivity contribution is 0.102. The van der Waals surface area contributed by atoms with Crippen molar-refractivity contribution < 1.29 is 4.79 Å². The second-order valence-corrected chi connectivity index (χ2v) is 6.86. The SMILES string of the molecule is Cc1nn(Cc2ccccc2)c(C)c1C(=O)Nc1ccn(Cc2ccccn2)n1. The van der Waals surface area contributed by atoms with Crippen molar-refractivity contribution in [2.24, 2.45) is 0 Å². The molecule has 29 heavy (non-hydrogen) atoms. The van der Waals surface area contributed by atoms with Crippen LogP contribution < -0.4 is 5.32 Å². The van der Waals surface area contributed by atoms with Crippen LogP contribution in [-0.2, 0) is 13.1 Å². The maximum atomic E-state index is 12.9. The van der Waals surface area contributed by atoms with Crippen molar-refractivity contribution in [2.75, 3.05) is 5.32 Å². The number of pyridine rings is 1. The number of hydrogen-bond acceptors (Lipinski definition) is 4. The Labute approximate surface area is 169 Å². The Hall–Kier alpha value is -3.74. The molecule has 0 aliphatic heterocycles. The van der Waals surface area contributed by atoms with Gasteiger partial charge in [0, 0.05) is 24.2 Å². The van der Waals surface area contributed by atoms with Gasteiger partial charge in [-0.25, -0.2) is 0 Å². The molecule has 3 aromatic heterocycles. The number of carbonyl (C=O) groups excluding carboxylic acids is 1. The number of aryl methyl sites for hydroxylation is 1. The second kappa shape index (κ2) is 8.10. The molecule has 1 amide bonds. The predicted molar refractivity (Wildman–Crippen MR) is 111 cm³/mol. The molecule has 0 radical (unpaired) electrons. The number of aromatic nitrogens is 5. The van der Waals surface area contributed by atoms with E-state index in [-0.39, 0.29) is 5.91 Å². The molecule has 0 atom stereocenters. The van der Waals surface area contributed by atoms with E-state index in [9.17, 15) is 4.79 Å². The molecule has 4 aromatic rings. The summed E-state index contributed by atoms with van der Waals surface area (Å²) in [4.78, 5) is 17.2. The summed E-state index contributed by atoms with van der Waals surface area (Å²) in [5.74, 6) is 0.294. The molecule has 0 saturated carbocycles. The van der Waals surface area contributed by atoms with E-state index in [4.69, 9.17) is 0 Å². The fraction of sp³-hybridized carbons (Fsp3) is 0.182. The molecule has 0 fully saturated rings. The van der Waals surface area contributed by atoms with E-state index in [0.29, 0.717) is 30.2 Å². The topological polar surface area (TPSA) is 77.6 Å². The standard InChI is InChI=1S/C22H22N6O/c1-16-21(17(2)28(25-16)14-18-8-4-3-5-9-18)22(29)24-20-11-13-27(26-20)15-19-10-6-7-12-23-19/h3-13H,14-15H2,1-2H3,(H,24,26,29). The highest BCUT2D eigenvalue weighted by Crippen LogP contribution is 2.17. The van der Waals surface area contributed by atoms with E-state index in [1.807, 2.05) is 73.3 Å². The molecule has 7 heteroatoms. The van der Waals surface area contributed by atoms with Crippen LogP contribution in [0.1, 0.15) is 33.0 Å². The van der Waals surface area contributed by atoms with Gasteiger partial charge >= 0.3 is 0 Å². The summed E-state index contributed by atoms with van der Waals surface area (Å²) < 4.78 is 3.61. The number of anilines is 1. The Kier molecular flexibility index (Phi) is 5.20. The Morgan fingerprint density at radius 2 is 1.76 bits per heavy atom. The summed E-state index contributed by atoms with van der Waals surface area (Å²) in [7, 11) is 0. The van der Waals surface area contributed by atoms with Crippen LogP contribution in [0.3, 0.4) is 0 Å². The van der Waals surface area contributed by atoms with E-state index < -0.39 is 0 Å². The minimum atomic E-state index is -0.206. The van der Waals surface area contributed by atoms with Gasteiger partial charge in [-0.1, -0.05) is 36.4 Å². The Bertz CT molecular complexity index is 1110. The lowest BCUT2D eigenvalue weighted by atomic mass is 10.2. The minimum Gasteiger partial charge on any atom is -0.305 e. The molecule has 4 rings (SSSR count). The van der Waals surface area contributed by atoms with Gasteiger partial charge < -0.3 is 5.32 Å². The van der Waals surface area contributed by atoms with Crippen LogP contribution in [-0.4, -0.2) is 30.5 Å². The van der Waals surface area contributed by atoms with E-state index in [0.717, 1.165) is 17.0 Å². The number of rotatable bonds is 6. The van der Waals surface area contributed by atoms with Gasteiger partial charge in [0.05, 0.1) is 30.0 Å². The molecule has 0 saturated heterocycles. The van der Waals surface area contributed by atoms with Crippen molar-refractivity contribution in [3.8, 4) is 0 Å². The van der Waals surface area contributed by atoms with Crippen LogP contribution in [0, 0.1) is 13.8 Å². The lowest BCUT2D eigenvalue weighted by Crippen LogP contribution is -2.15. The maximum absolute atomic E-state index is 12.9. The fourth-order valence-corrected chi connectivity index (χ4v) is 3.29. The summed E-state index contributed by atoms with van der Waals surface area (Å²) in [6, 6.07) is 17.6. The second-order valence-electron chi connectivity index (χ2n) is 6.86. The van der Waals surface area contributed by atoms with Gasteiger partial charge in [-0.05, 0) is 31.5 Å². The third kappa shape index (κ3) is 4.24. The molecule has 0 bridgehead atoms. The molecule has 0 aliphatic rings. The first kappa shape index (κ1) is 18.6. The van der Waals surface area contributed by atoms with Gasteiger partial charge in [-0.15, -0.1) is 0 Å². The summed E-state index contributed by atoms with van der Waals surface area (Å²) in [5, 5.41) is 11.9. The maximum Gasteiger partial charge on any atom is 0.260 e. The number of amides is 1. The molecule has 7 nitrogen and oxygen atoms in total. The van der Waals surface area contributed by atoms with Crippen molar-refractivity contribution >= 4 is 11.7 Å². The summed E-state index contributed by atoms with van der Waals surface area (Å²) >= 11 is 0. The van der Waals surface area contributed by atoms with Crippen molar-refractivity contribution in [3.63, 3.8) is 0 Å². The molecule has 0 unspecified atom stereocenters. The Morgan fingerprint density at radius 3 is 2.52 bits per heavy atom. The monoisotopic (exact) mass is 386 g/mol. The van der Waals surface area contributed by atoms with Crippen molar-refractivity contribution in [1.82, 2.24) is 24.5 Å². The van der Waals surface area contributed by atoms with Crippen LogP contribution in [0.5, 0.6) is 0 Å². The van der Waals surface area contributed by atoms with Crippen molar-refractivity contribution in [2.45, 2.75) is 26.9 Å². The molecule has 0 aliphatic carbocycles. The average Bonchev–Trinajstić information content (AvgIpc) is 3.27. The normalized spacial score (nSPS) is 10.8. The molecule has 146 valence electrons. The summed E-state index contributed by atoms with van der Waals surface area (Å²) in [5.41, 5.74) is 4.15. The fourth-order valence-electron chi connectivity index (χ4n) is 3.29. The zero-order valence-corrected chi connectivity index (χ0v) is 16.4. The van der Waals surface area contributed by atoms with Gasteiger partial charge in [-0.2, -0.15) is 10.2 Å². The van der Waals surface area contributed by atoms with Gasteiger partial charge in [0.15, 0.2) is 5.82 Å². The predicted octanol–water partition coefficient (Wildman–Crippen LogP) is 3.44. The summed E-state index contributed by atoms with van der Waals surface area (Å²) in [6.07, 6.45) is 3.57. The van der Waals surface area contributed by atoms with E-state index >= 15 is 0 Å². The van der Waals surface area contributed by atoms with Gasteiger partial charge in [-0.3, -0.25) is 19.1 Å². The first-order valence-electron chi connectivity index (χ1n) is 9.43. The smallest absolute Gasteiger partial charge is 0.260 e. The highest BCUT2D eigenvalue weighted by atomic mass is 16.1. The van der Waals surface area contributed by atoms with Crippen LogP contribution in [0.25, 0.3) is 0 Å². The minimum absolute atomic E-state index is 0.206. The average molecular weight is 386 g/mol. The zero-order chi connectivity index (χ0) is 20.2. The third-order valence-corrected chi connectivity index (χ3v) is 4.72. The molecular formula is C22H22N6O. The third-order valence-electron chi connectivity index (χ3n) is 4.72. The number of carbonyl (C=O) groups is 1. The Morgan fingerprint density at radius 1 is 0.966 bits per heavy atom. The first-order chi connectivity index (χ1) is 14.1. The van der Waals surface area contributed by atoms with E-state index in [2.05, 4.69) is 20.5 Å². The summed E-state index contributed by atoms with van der Waals surface area (Å²) in [6.45, 7) is 4.93. The van der Waals surface area contributed by atoms with Crippen LogP contribution in [0.4, 0.5) is 5.82 Å². The van der Waals surface area contributed by atoms with Gasteiger partial charge in [0.2, 0.25) is 0 Å². The number of nitrogens with zero attached hydrogens (tertiary/aromatic N) is 5. The first-order valence-corrected chi connectivity index (χ1v) is 9.43. The van der Waals surface area contributed by atoms with E-state index in [1.165, 1.54) is 0 Å². The van der Waals surface area contributed by atoms with Crippen LogP contribution >= 0.6 is 0 Å². The molecule has 1 aromatic carbocycles. The van der Waals surface area contributed by atoms with Gasteiger partial charge in [0.1, 0.15) is 0 Å². The van der Waals surface area contributed by atoms with Gasteiger partial charge in [0.25, 0.3) is 5.91 Å². The molecule has 3 heterocycles.